The largest absolute Gasteiger partial charge is 0.408 e. The second-order valence-corrected chi connectivity index (χ2v) is 7.10. The molecule has 1 atom stereocenters. The lowest BCUT2D eigenvalue weighted by Crippen LogP contribution is -2.32. The van der Waals surface area contributed by atoms with Crippen LogP contribution in [0.5, 0.6) is 0 Å². The molecule has 1 aromatic carbocycles. The molecule has 1 unspecified atom stereocenters. The van der Waals surface area contributed by atoms with Crippen LogP contribution >= 0.6 is 35.1 Å². The minimum atomic E-state index is -4.50. The number of halogens is 5. The number of rotatable bonds is 4. The summed E-state index contributed by atoms with van der Waals surface area (Å²) >= 11 is 12.4. The highest BCUT2D eigenvalue weighted by molar-refractivity contribution is 7.97. The van der Waals surface area contributed by atoms with Gasteiger partial charge in [0.25, 0.3) is 5.56 Å². The van der Waals surface area contributed by atoms with E-state index >= 15 is 0 Å². The van der Waals surface area contributed by atoms with Gasteiger partial charge >= 0.3 is 6.18 Å². The maximum absolute atomic E-state index is 13.5. The average Bonchev–Trinajstić information content (AvgIpc) is 2.45. The van der Waals surface area contributed by atoms with Crippen molar-refractivity contribution in [2.24, 2.45) is 7.05 Å². The number of hydrogen-bond donors (Lipinski definition) is 0. The van der Waals surface area contributed by atoms with Gasteiger partial charge in [0.2, 0.25) is 0 Å². The smallest absolute Gasteiger partial charge is 0.302 e. The van der Waals surface area contributed by atoms with Gasteiger partial charge in [0.15, 0.2) is 0 Å². The van der Waals surface area contributed by atoms with Crippen LogP contribution in [-0.2, 0) is 7.05 Å². The van der Waals surface area contributed by atoms with Gasteiger partial charge in [-0.15, -0.1) is 0 Å². The lowest BCUT2D eigenvalue weighted by Gasteiger charge is -2.29. The summed E-state index contributed by atoms with van der Waals surface area (Å²) in [5, 5.41) is 0.502. The van der Waals surface area contributed by atoms with Crippen molar-refractivity contribution in [3.63, 3.8) is 0 Å². The molecule has 2 aromatic rings. The van der Waals surface area contributed by atoms with Gasteiger partial charge < -0.3 is 4.57 Å². The summed E-state index contributed by atoms with van der Waals surface area (Å²) in [7, 11) is 2.79. The Kier molecular flexibility index (Phi) is 5.91. The second kappa shape index (κ2) is 7.39. The van der Waals surface area contributed by atoms with Crippen LogP contribution < -0.4 is 5.56 Å². The van der Waals surface area contributed by atoms with E-state index < -0.39 is 17.8 Å². The van der Waals surface area contributed by atoms with Gasteiger partial charge in [0.1, 0.15) is 11.2 Å². The van der Waals surface area contributed by atoms with Crippen LogP contribution in [0, 0.1) is 0 Å². The lowest BCUT2D eigenvalue weighted by molar-refractivity contribution is -0.169. The van der Waals surface area contributed by atoms with E-state index in [0.717, 1.165) is 16.3 Å². The molecule has 130 valence electrons. The predicted molar refractivity (Wildman–Crippen MR) is 90.6 cm³/mol. The molecule has 9 heteroatoms. The van der Waals surface area contributed by atoms with Gasteiger partial charge in [-0.3, -0.25) is 4.79 Å². The molecule has 0 saturated carbocycles. The molecular formula is C15H13Cl2F3N2OS. The Balaban J connectivity index is 2.34. The zero-order chi connectivity index (χ0) is 18.1. The van der Waals surface area contributed by atoms with Gasteiger partial charge in [-0.25, -0.2) is 4.31 Å². The maximum Gasteiger partial charge on any atom is 0.408 e. The number of aromatic nitrogens is 1. The lowest BCUT2D eigenvalue weighted by atomic mass is 10.1. The highest BCUT2D eigenvalue weighted by Gasteiger charge is 2.44. The first-order valence-corrected chi connectivity index (χ1v) is 8.22. The Hall–Kier alpha value is -1.15. The molecular weight excluding hydrogens is 384 g/mol. The molecule has 0 fully saturated rings. The van der Waals surface area contributed by atoms with Crippen molar-refractivity contribution in [1.29, 1.82) is 0 Å². The maximum atomic E-state index is 13.5. The third-order valence-corrected chi connectivity index (χ3v) is 4.85. The Labute approximate surface area is 151 Å². The van der Waals surface area contributed by atoms with E-state index in [1.54, 1.807) is 0 Å². The quantitative estimate of drug-likeness (QED) is 0.540. The topological polar surface area (TPSA) is 25.2 Å². The van der Waals surface area contributed by atoms with Gasteiger partial charge in [0.05, 0.1) is 0 Å². The zero-order valence-electron chi connectivity index (χ0n) is 12.6. The van der Waals surface area contributed by atoms with Crippen LogP contribution in [0.3, 0.4) is 0 Å². The fourth-order valence-electron chi connectivity index (χ4n) is 2.10. The van der Waals surface area contributed by atoms with Crippen LogP contribution in [0.25, 0.3) is 0 Å². The highest BCUT2D eigenvalue weighted by atomic mass is 35.5. The summed E-state index contributed by atoms with van der Waals surface area (Å²) in [5.74, 6) is 0. The van der Waals surface area contributed by atoms with Crippen LogP contribution in [0.2, 0.25) is 10.2 Å². The van der Waals surface area contributed by atoms with Crippen LogP contribution in [0.15, 0.2) is 46.1 Å². The average molecular weight is 397 g/mol. The molecule has 0 amide bonds. The molecule has 0 radical (unpaired) electrons. The summed E-state index contributed by atoms with van der Waals surface area (Å²) < 4.78 is 42.7. The van der Waals surface area contributed by atoms with Crippen molar-refractivity contribution in [3.05, 3.63) is 62.5 Å². The van der Waals surface area contributed by atoms with E-state index in [9.17, 15) is 18.0 Å². The van der Waals surface area contributed by atoms with Crippen molar-refractivity contribution >= 4 is 35.1 Å². The van der Waals surface area contributed by atoms with Crippen molar-refractivity contribution in [1.82, 2.24) is 8.87 Å². The fourth-order valence-corrected chi connectivity index (χ4v) is 3.49. The SMILES string of the molecule is CN(Sc1cc(Cl)n(C)c(=O)c1)C(c1ccc(Cl)cc1)C(F)(F)F. The van der Waals surface area contributed by atoms with Crippen molar-refractivity contribution < 1.29 is 13.2 Å². The molecule has 0 aliphatic rings. The Bertz CT molecular complexity index is 778. The Morgan fingerprint density at radius 1 is 1.17 bits per heavy atom. The molecule has 3 nitrogen and oxygen atoms in total. The predicted octanol–water partition coefficient (Wildman–Crippen LogP) is 4.93. The van der Waals surface area contributed by atoms with Crippen LogP contribution in [0.1, 0.15) is 11.6 Å². The summed E-state index contributed by atoms with van der Waals surface area (Å²) in [5.41, 5.74) is -0.342. The molecule has 0 N–H and O–H groups in total. The number of nitrogens with zero attached hydrogens (tertiary/aromatic N) is 2. The van der Waals surface area contributed by atoms with Gasteiger partial charge in [-0.2, -0.15) is 13.2 Å². The molecule has 0 saturated heterocycles. The molecule has 2 rings (SSSR count). The summed E-state index contributed by atoms with van der Waals surface area (Å²) in [6, 6.07) is 6.29. The summed E-state index contributed by atoms with van der Waals surface area (Å²) in [4.78, 5) is 12.1. The van der Waals surface area contributed by atoms with Crippen LogP contribution in [-0.4, -0.2) is 22.1 Å². The normalized spacial score (nSPS) is 13.3. The standard InChI is InChI=1S/C15H13Cl2F3N2OS/c1-21-12(17)7-11(8-13(21)23)24-22(2)14(15(18,19)20)9-3-5-10(16)6-4-9/h3-8,14H,1-2H3. The van der Waals surface area contributed by atoms with Gasteiger partial charge in [-0.05, 0) is 42.8 Å². The van der Waals surface area contributed by atoms with E-state index in [1.807, 2.05) is 0 Å². The van der Waals surface area contributed by atoms with E-state index in [1.165, 1.54) is 55.1 Å². The Morgan fingerprint density at radius 2 is 1.75 bits per heavy atom. The second-order valence-electron chi connectivity index (χ2n) is 5.04. The minimum Gasteiger partial charge on any atom is -0.302 e. The van der Waals surface area contributed by atoms with Gasteiger partial charge in [-0.1, -0.05) is 35.3 Å². The monoisotopic (exact) mass is 396 g/mol. The number of hydrogen-bond acceptors (Lipinski definition) is 3. The number of benzene rings is 1. The van der Waals surface area contributed by atoms with E-state index in [4.69, 9.17) is 23.2 Å². The third-order valence-electron chi connectivity index (χ3n) is 3.29. The number of pyridine rings is 1. The first-order valence-electron chi connectivity index (χ1n) is 6.69. The molecule has 0 aliphatic heterocycles. The molecule has 1 heterocycles. The van der Waals surface area contributed by atoms with E-state index in [2.05, 4.69) is 0 Å². The molecule has 24 heavy (non-hydrogen) atoms. The Morgan fingerprint density at radius 3 is 2.25 bits per heavy atom. The van der Waals surface area contributed by atoms with Crippen molar-refractivity contribution in [3.8, 4) is 0 Å². The number of alkyl halides is 3. The van der Waals surface area contributed by atoms with Crippen molar-refractivity contribution in [2.45, 2.75) is 17.1 Å². The molecule has 1 aromatic heterocycles. The molecule has 0 spiro atoms. The van der Waals surface area contributed by atoms with Crippen molar-refractivity contribution in [2.75, 3.05) is 7.05 Å². The van der Waals surface area contributed by atoms with Crippen LogP contribution in [0.4, 0.5) is 13.2 Å². The minimum absolute atomic E-state index is 0.0526. The van der Waals surface area contributed by atoms with Gasteiger partial charge in [0, 0.05) is 23.0 Å². The van der Waals surface area contributed by atoms with E-state index in [0.29, 0.717) is 9.92 Å². The zero-order valence-corrected chi connectivity index (χ0v) is 15.0. The fraction of sp³-hybridized carbons (Fsp3) is 0.267. The van der Waals surface area contributed by atoms with E-state index in [-0.39, 0.29) is 10.7 Å². The summed E-state index contributed by atoms with van der Waals surface area (Å²) in [6.07, 6.45) is -4.50. The first kappa shape index (κ1) is 19.2. The highest BCUT2D eigenvalue weighted by Crippen LogP contribution is 2.41. The summed E-state index contributed by atoms with van der Waals surface area (Å²) in [6.45, 7) is 0. The molecule has 0 aliphatic carbocycles. The first-order chi connectivity index (χ1) is 11.1. The molecule has 0 bridgehead atoms. The third kappa shape index (κ3) is 4.47.